The molecule has 0 saturated heterocycles. The summed E-state index contributed by atoms with van der Waals surface area (Å²) in [6.45, 7) is 2.88. The largest absolute Gasteiger partial charge is 0.353 e. The Morgan fingerprint density at radius 3 is 2.31 bits per heavy atom. The molecule has 0 aromatic heterocycles. The van der Waals surface area contributed by atoms with Gasteiger partial charge in [0.15, 0.2) is 0 Å². The molecule has 3 amide bonds. The van der Waals surface area contributed by atoms with Gasteiger partial charge in [-0.1, -0.05) is 80.3 Å². The zero-order chi connectivity index (χ0) is 26.2. The third kappa shape index (κ3) is 10.9. The molecule has 1 aliphatic rings. The second kappa shape index (κ2) is 16.3. The minimum absolute atomic E-state index is 0.0803. The van der Waals surface area contributed by atoms with Crippen molar-refractivity contribution in [2.75, 3.05) is 6.54 Å². The third-order valence-electron chi connectivity index (χ3n) is 5.38. The average Bonchev–Trinajstić information content (AvgIpc) is 3.71. The van der Waals surface area contributed by atoms with Crippen molar-refractivity contribution in [3.63, 3.8) is 0 Å². The van der Waals surface area contributed by atoms with Crippen molar-refractivity contribution in [1.29, 1.82) is 0 Å². The first kappa shape index (κ1) is 28.8. The standard InChI is InChI=1S/C27H31ClN2O2.CH3NO2/c1-2-3-4-7-18-29-26(31)17-14-20-10-12-21(13-11-20)19-24(27(32)30-22-15-16-22)23-8-5-6-9-25(23)28;3-1-2-4/h5-6,8-14,17,19,22H,2-4,7,15-16,18H2,1H3,(H,29,31)(H,30,32);1,4H,(H,2,3)/b17-14+,24-19+;. The molecule has 36 heavy (non-hydrogen) atoms. The van der Waals surface area contributed by atoms with Crippen LogP contribution in [0.2, 0.25) is 5.02 Å². The van der Waals surface area contributed by atoms with Crippen LogP contribution in [0.5, 0.6) is 0 Å². The smallest absolute Gasteiger partial charge is 0.252 e. The van der Waals surface area contributed by atoms with Crippen LogP contribution in [0.4, 0.5) is 0 Å². The Morgan fingerprint density at radius 2 is 1.69 bits per heavy atom. The molecule has 0 spiro atoms. The number of hydroxylamine groups is 1. The Labute approximate surface area is 217 Å². The topological polar surface area (TPSA) is 108 Å². The molecule has 0 unspecified atom stereocenters. The predicted molar refractivity (Wildman–Crippen MR) is 144 cm³/mol. The number of hydrogen-bond acceptors (Lipinski definition) is 4. The molecule has 192 valence electrons. The molecule has 0 heterocycles. The van der Waals surface area contributed by atoms with E-state index in [9.17, 15) is 9.59 Å². The molecule has 2 aromatic carbocycles. The maximum Gasteiger partial charge on any atom is 0.252 e. The highest BCUT2D eigenvalue weighted by Gasteiger charge is 2.25. The Kier molecular flexibility index (Phi) is 13.0. The van der Waals surface area contributed by atoms with Crippen LogP contribution in [-0.2, 0) is 14.4 Å². The van der Waals surface area contributed by atoms with Gasteiger partial charge in [-0.15, -0.1) is 0 Å². The van der Waals surface area contributed by atoms with Gasteiger partial charge in [-0.3, -0.25) is 19.6 Å². The lowest BCUT2D eigenvalue weighted by molar-refractivity contribution is -0.117. The van der Waals surface area contributed by atoms with Crippen LogP contribution in [-0.4, -0.2) is 36.0 Å². The fourth-order valence-electron chi connectivity index (χ4n) is 3.30. The second-order valence-electron chi connectivity index (χ2n) is 8.38. The van der Waals surface area contributed by atoms with Crippen LogP contribution in [0.1, 0.15) is 62.1 Å². The normalized spacial score (nSPS) is 12.9. The summed E-state index contributed by atoms with van der Waals surface area (Å²) in [6.07, 6.45) is 12.0. The highest BCUT2D eigenvalue weighted by molar-refractivity contribution is 6.36. The molecule has 8 heteroatoms. The number of hydrogen-bond donors (Lipinski definition) is 4. The fourth-order valence-corrected chi connectivity index (χ4v) is 3.54. The van der Waals surface area contributed by atoms with E-state index in [4.69, 9.17) is 21.6 Å². The van der Waals surface area contributed by atoms with Crippen molar-refractivity contribution >= 4 is 47.6 Å². The molecule has 0 radical (unpaired) electrons. The summed E-state index contributed by atoms with van der Waals surface area (Å²) in [7, 11) is 0. The van der Waals surface area contributed by atoms with Crippen molar-refractivity contribution in [3.8, 4) is 0 Å². The van der Waals surface area contributed by atoms with E-state index in [1.54, 1.807) is 18.2 Å². The first-order valence-electron chi connectivity index (χ1n) is 12.1. The number of carbonyl (C=O) groups excluding carboxylic acids is 3. The molecule has 1 aliphatic carbocycles. The van der Waals surface area contributed by atoms with Gasteiger partial charge >= 0.3 is 0 Å². The highest BCUT2D eigenvalue weighted by atomic mass is 35.5. The number of benzene rings is 2. The van der Waals surface area contributed by atoms with E-state index in [0.29, 0.717) is 22.7 Å². The molecule has 0 bridgehead atoms. The molecule has 3 rings (SSSR count). The summed E-state index contributed by atoms with van der Waals surface area (Å²) >= 11 is 6.37. The fraction of sp³-hybridized carbons (Fsp3) is 0.321. The number of carbonyl (C=O) groups is 3. The van der Waals surface area contributed by atoms with Crippen molar-refractivity contribution < 1.29 is 19.6 Å². The van der Waals surface area contributed by atoms with Crippen molar-refractivity contribution in [2.45, 2.75) is 51.5 Å². The number of nitrogens with one attached hydrogen (secondary N) is 3. The molecule has 7 nitrogen and oxygen atoms in total. The van der Waals surface area contributed by atoms with E-state index in [-0.39, 0.29) is 24.3 Å². The molecular formula is C28H34ClN3O4. The van der Waals surface area contributed by atoms with Crippen LogP contribution in [0, 0.1) is 0 Å². The second-order valence-corrected chi connectivity index (χ2v) is 8.79. The molecular weight excluding hydrogens is 478 g/mol. The zero-order valence-electron chi connectivity index (χ0n) is 20.5. The molecule has 1 fully saturated rings. The Morgan fingerprint density at radius 1 is 1.03 bits per heavy atom. The van der Waals surface area contributed by atoms with Gasteiger partial charge in [0.25, 0.3) is 5.91 Å². The molecule has 4 N–H and O–H groups in total. The number of halogens is 1. The van der Waals surface area contributed by atoms with E-state index in [1.165, 1.54) is 18.3 Å². The maximum absolute atomic E-state index is 12.8. The Balaban J connectivity index is 0.00000106. The van der Waals surface area contributed by atoms with E-state index in [2.05, 4.69) is 17.6 Å². The monoisotopic (exact) mass is 511 g/mol. The molecule has 0 atom stereocenters. The predicted octanol–water partition coefficient (Wildman–Crippen LogP) is 4.99. The number of amides is 3. The first-order chi connectivity index (χ1) is 17.5. The van der Waals surface area contributed by atoms with Gasteiger partial charge in [-0.05, 0) is 48.6 Å². The van der Waals surface area contributed by atoms with Gasteiger partial charge in [-0.25, -0.2) is 5.48 Å². The van der Waals surface area contributed by atoms with Crippen LogP contribution in [0.25, 0.3) is 17.7 Å². The van der Waals surface area contributed by atoms with Crippen molar-refractivity contribution in [2.24, 2.45) is 0 Å². The minimum Gasteiger partial charge on any atom is -0.353 e. The van der Waals surface area contributed by atoms with E-state index in [0.717, 1.165) is 36.8 Å². The Bertz CT molecular complexity index is 1050. The van der Waals surface area contributed by atoms with Crippen LogP contribution in [0.3, 0.4) is 0 Å². The molecule has 0 aliphatic heterocycles. The summed E-state index contributed by atoms with van der Waals surface area (Å²) < 4.78 is 0. The van der Waals surface area contributed by atoms with Crippen LogP contribution >= 0.6 is 11.6 Å². The summed E-state index contributed by atoms with van der Waals surface area (Å²) in [5, 5.41) is 13.8. The van der Waals surface area contributed by atoms with Gasteiger partial charge < -0.3 is 10.6 Å². The lowest BCUT2D eigenvalue weighted by Gasteiger charge is -2.11. The summed E-state index contributed by atoms with van der Waals surface area (Å²) in [5.41, 5.74) is 4.33. The van der Waals surface area contributed by atoms with Gasteiger partial charge in [0.2, 0.25) is 12.3 Å². The van der Waals surface area contributed by atoms with E-state index < -0.39 is 0 Å². The summed E-state index contributed by atoms with van der Waals surface area (Å²) in [4.78, 5) is 33.6. The van der Waals surface area contributed by atoms with Crippen molar-refractivity contribution in [1.82, 2.24) is 16.1 Å². The zero-order valence-corrected chi connectivity index (χ0v) is 21.3. The van der Waals surface area contributed by atoms with E-state index in [1.807, 2.05) is 48.5 Å². The van der Waals surface area contributed by atoms with Gasteiger partial charge in [0.1, 0.15) is 0 Å². The number of unbranched alkanes of at least 4 members (excludes halogenated alkanes) is 3. The minimum atomic E-state index is -0.111. The third-order valence-corrected chi connectivity index (χ3v) is 5.71. The lowest BCUT2D eigenvalue weighted by atomic mass is 10.0. The van der Waals surface area contributed by atoms with Gasteiger partial charge in [-0.2, -0.15) is 0 Å². The Hall–Kier alpha value is -3.42. The highest BCUT2D eigenvalue weighted by Crippen LogP contribution is 2.28. The first-order valence-corrected chi connectivity index (χ1v) is 12.5. The van der Waals surface area contributed by atoms with Gasteiger partial charge in [0, 0.05) is 34.8 Å². The van der Waals surface area contributed by atoms with Crippen LogP contribution < -0.4 is 16.1 Å². The van der Waals surface area contributed by atoms with Crippen molar-refractivity contribution in [3.05, 3.63) is 76.3 Å². The SMILES string of the molecule is CCCCCCNC(=O)/C=C/c1ccc(/C=C(/C(=O)NC2CC2)c2ccccc2Cl)cc1.O=CNO. The summed E-state index contributed by atoms with van der Waals surface area (Å²) in [6, 6.07) is 15.4. The van der Waals surface area contributed by atoms with Gasteiger partial charge in [0.05, 0.1) is 0 Å². The quantitative estimate of drug-likeness (QED) is 0.0803. The average molecular weight is 512 g/mol. The maximum atomic E-state index is 12.8. The molecule has 2 aromatic rings. The molecule has 1 saturated carbocycles. The number of rotatable bonds is 12. The lowest BCUT2D eigenvalue weighted by Crippen LogP contribution is -2.26. The summed E-state index contributed by atoms with van der Waals surface area (Å²) in [5.74, 6) is -0.191. The van der Waals surface area contributed by atoms with Crippen LogP contribution in [0.15, 0.2) is 54.6 Å². The van der Waals surface area contributed by atoms with E-state index >= 15 is 0 Å².